The highest BCUT2D eigenvalue weighted by Gasteiger charge is 2.24. The highest BCUT2D eigenvalue weighted by atomic mass is 16.3. The Balaban J connectivity index is 2.23. The molecule has 45 heavy (non-hydrogen) atoms. The van der Waals surface area contributed by atoms with Crippen LogP contribution in [0.3, 0.4) is 0 Å². The van der Waals surface area contributed by atoms with Crippen molar-refractivity contribution < 1.29 is 9.90 Å². The number of aromatic nitrogens is 4. The third-order valence-electron chi connectivity index (χ3n) is 9.46. The number of aromatic amines is 2. The Bertz CT molecular complexity index is 2000. The zero-order valence-corrected chi connectivity index (χ0v) is 28.4. The summed E-state index contributed by atoms with van der Waals surface area (Å²) in [5.41, 5.74) is 16.8. The van der Waals surface area contributed by atoms with Gasteiger partial charge < -0.3 is 19.6 Å². The van der Waals surface area contributed by atoms with Crippen molar-refractivity contribution >= 4 is 50.2 Å². The van der Waals surface area contributed by atoms with E-state index in [4.69, 9.17) is 9.98 Å². The van der Waals surface area contributed by atoms with E-state index in [-0.39, 0.29) is 0 Å². The van der Waals surface area contributed by atoms with Gasteiger partial charge in [-0.1, -0.05) is 48.5 Å². The monoisotopic (exact) mass is 607 g/mol. The van der Waals surface area contributed by atoms with Gasteiger partial charge in [0.2, 0.25) is 0 Å². The summed E-state index contributed by atoms with van der Waals surface area (Å²) in [4.78, 5) is 30.6. The number of carbonyl (C=O) groups is 1. The molecule has 0 saturated heterocycles. The maximum Gasteiger partial charge on any atom is 0.272 e. The van der Waals surface area contributed by atoms with Gasteiger partial charge in [-0.15, -0.1) is 0 Å². The lowest BCUT2D eigenvalue weighted by Gasteiger charge is -2.08. The van der Waals surface area contributed by atoms with Crippen LogP contribution in [-0.4, -0.2) is 37.1 Å². The lowest BCUT2D eigenvalue weighted by atomic mass is 9.95. The number of amides is 1. The molecule has 5 rings (SSSR count). The summed E-state index contributed by atoms with van der Waals surface area (Å²) < 4.78 is 2.31. The van der Waals surface area contributed by atoms with Crippen LogP contribution >= 0.6 is 0 Å². The zero-order chi connectivity index (χ0) is 32.4. The molecule has 0 spiro atoms. The van der Waals surface area contributed by atoms with Gasteiger partial charge in [-0.2, -0.15) is 0 Å². The van der Waals surface area contributed by atoms with Gasteiger partial charge in [-0.25, -0.2) is 9.98 Å². The lowest BCUT2D eigenvalue weighted by molar-refractivity contribution is -0.120. The van der Waals surface area contributed by atoms with Crippen molar-refractivity contribution in [3.63, 3.8) is 0 Å². The summed E-state index contributed by atoms with van der Waals surface area (Å²) in [6.45, 7) is 17.6. The van der Waals surface area contributed by atoms with Crippen molar-refractivity contribution in [1.29, 1.82) is 0 Å². The van der Waals surface area contributed by atoms with Crippen LogP contribution < -0.4 is 5.36 Å². The number of hydrogen-bond acceptors (Lipinski definition) is 3. The highest BCUT2D eigenvalue weighted by Crippen LogP contribution is 2.38. The Morgan fingerprint density at radius 3 is 1.89 bits per heavy atom. The number of aliphatic hydroxyl groups is 1. The van der Waals surface area contributed by atoms with Crippen LogP contribution in [0, 0.1) is 0 Å². The van der Waals surface area contributed by atoms with Gasteiger partial charge in [-0.3, -0.25) is 4.79 Å². The van der Waals surface area contributed by atoms with Gasteiger partial charge in [0.25, 0.3) is 5.91 Å². The third-order valence-corrected chi connectivity index (χ3v) is 9.46. The molecule has 7 nitrogen and oxygen atoms in total. The molecule has 1 amide bonds. The number of hydrogen-bond donors (Lipinski definition) is 3. The highest BCUT2D eigenvalue weighted by molar-refractivity contribution is 5.95. The van der Waals surface area contributed by atoms with Gasteiger partial charge in [0.1, 0.15) is 12.0 Å². The van der Waals surface area contributed by atoms with Crippen LogP contribution in [0.15, 0.2) is 29.3 Å². The average molecular weight is 608 g/mol. The minimum absolute atomic E-state index is 0.544. The number of nitrogens with one attached hydrogen (secondary N) is 2. The maximum atomic E-state index is 13.0. The molecule has 0 saturated carbocycles. The van der Waals surface area contributed by atoms with E-state index in [1.54, 1.807) is 0 Å². The first-order chi connectivity index (χ1) is 21.8. The molecule has 1 aliphatic heterocycles. The van der Waals surface area contributed by atoms with E-state index in [0.29, 0.717) is 11.9 Å². The van der Waals surface area contributed by atoms with E-state index in [2.05, 4.69) is 94.2 Å². The Morgan fingerprint density at radius 2 is 1.33 bits per heavy atom. The van der Waals surface area contributed by atoms with Crippen molar-refractivity contribution in [3.8, 4) is 0 Å². The Labute approximate surface area is 266 Å². The standard InChI is InChI=1S/C38H49N5O2/c1-9-24-26(11-3)34-30(15-7)35-27(12-4)28(13-5)36(42-35)37(41-33(45)21-44)38-29(14-6)25(10-2)32(43(38)16-8)20-23-18-17-22(39-23)19-31(24)40-34/h17-20,39,42,44H,9-16,21H2,1-8H3. The molecule has 4 aromatic heterocycles. The van der Waals surface area contributed by atoms with Crippen LogP contribution in [0.2, 0.25) is 0 Å². The summed E-state index contributed by atoms with van der Waals surface area (Å²) in [5.74, 6) is -0.544. The van der Waals surface area contributed by atoms with E-state index >= 15 is 0 Å². The molecular weight excluding hydrogens is 558 g/mol. The quantitative estimate of drug-likeness (QED) is 0.180. The van der Waals surface area contributed by atoms with Crippen LogP contribution in [-0.2, 0) is 43.4 Å². The van der Waals surface area contributed by atoms with Gasteiger partial charge in [0.05, 0.1) is 22.4 Å². The first-order valence-electron chi connectivity index (χ1n) is 17.0. The summed E-state index contributed by atoms with van der Waals surface area (Å²) in [7, 11) is 0. The predicted octanol–water partition coefficient (Wildman–Crippen LogP) is 7.98. The molecule has 238 valence electrons. The molecular formula is C38H49N5O2. The molecule has 4 aromatic rings. The third kappa shape index (κ3) is 5.45. The second-order valence-corrected chi connectivity index (χ2v) is 11.7. The molecule has 3 N–H and O–H groups in total. The largest absolute Gasteiger partial charge is 0.386 e. The van der Waals surface area contributed by atoms with Crippen molar-refractivity contribution in [2.45, 2.75) is 107 Å². The van der Waals surface area contributed by atoms with E-state index in [1.807, 2.05) is 0 Å². The average Bonchev–Trinajstić information content (AvgIpc) is 3.81. The van der Waals surface area contributed by atoms with Gasteiger partial charge in [-0.05, 0) is 110 Å². The van der Waals surface area contributed by atoms with E-state index in [0.717, 1.165) is 89.4 Å². The molecule has 7 heteroatoms. The van der Waals surface area contributed by atoms with Crippen molar-refractivity contribution in [1.82, 2.24) is 19.5 Å². The molecule has 0 atom stereocenters. The minimum atomic E-state index is -0.638. The number of aryl methyl sites for hydroxylation is 6. The van der Waals surface area contributed by atoms with Crippen molar-refractivity contribution in [3.05, 3.63) is 68.8 Å². The van der Waals surface area contributed by atoms with E-state index in [1.165, 1.54) is 39.0 Å². The predicted molar refractivity (Wildman–Crippen MR) is 188 cm³/mol. The molecule has 8 bridgehead atoms. The Morgan fingerprint density at radius 1 is 0.733 bits per heavy atom. The van der Waals surface area contributed by atoms with Gasteiger partial charge in [0.15, 0.2) is 0 Å². The number of carbonyl (C=O) groups excluding carboxylic acids is 1. The second-order valence-electron chi connectivity index (χ2n) is 11.7. The molecule has 0 aromatic carbocycles. The molecule has 0 fully saturated rings. The van der Waals surface area contributed by atoms with E-state index < -0.39 is 12.5 Å². The topological polar surface area (TPSA) is 99.1 Å². The van der Waals surface area contributed by atoms with Crippen LogP contribution in [0.4, 0.5) is 0 Å². The zero-order valence-electron chi connectivity index (χ0n) is 28.4. The first kappa shape index (κ1) is 32.4. The molecule has 1 aliphatic rings. The summed E-state index contributed by atoms with van der Waals surface area (Å²) in [6, 6.07) is 8.69. The molecule has 0 unspecified atom stereocenters. The minimum Gasteiger partial charge on any atom is -0.386 e. The second kappa shape index (κ2) is 13.6. The Kier molecular flexibility index (Phi) is 9.78. The number of aliphatic hydroxyl groups excluding tert-OH is 1. The summed E-state index contributed by atoms with van der Waals surface area (Å²) >= 11 is 0. The number of fused-ring (bicyclic) bond motifs is 8. The summed E-state index contributed by atoms with van der Waals surface area (Å²) in [6.07, 6.45) is 5.87. The van der Waals surface area contributed by atoms with Crippen molar-refractivity contribution in [2.24, 2.45) is 4.99 Å². The molecule has 0 aliphatic carbocycles. The SMILES string of the molecule is CCC1=C(CC)c2nc1cc1ccc(cc3c(CC)c(CC)c(c(=NC(=O)CO)c4[nH]c(c2CC)c(CC)c4CC)n3CC)[nH]1. The normalized spacial score (nSPS) is 13.0. The molecule has 0 radical (unpaired) electrons. The summed E-state index contributed by atoms with van der Waals surface area (Å²) in [5, 5.41) is 10.5. The number of nitrogens with zero attached hydrogens (tertiary/aromatic N) is 3. The van der Waals surface area contributed by atoms with Crippen LogP contribution in [0.1, 0.15) is 107 Å². The fraction of sp³-hybridized carbons (Fsp3) is 0.447. The Hall–Kier alpha value is -3.97. The van der Waals surface area contributed by atoms with Crippen LogP contribution in [0.5, 0.6) is 0 Å². The van der Waals surface area contributed by atoms with Gasteiger partial charge in [0, 0.05) is 34.2 Å². The molecule has 5 heterocycles. The fourth-order valence-corrected chi connectivity index (χ4v) is 7.54. The lowest BCUT2D eigenvalue weighted by Crippen LogP contribution is -2.15. The van der Waals surface area contributed by atoms with Crippen LogP contribution in [0.25, 0.3) is 44.2 Å². The van der Waals surface area contributed by atoms with Gasteiger partial charge >= 0.3 is 0 Å². The number of allylic oxidation sites excluding steroid dienone is 2. The smallest absolute Gasteiger partial charge is 0.272 e. The fourth-order valence-electron chi connectivity index (χ4n) is 7.54. The maximum absolute atomic E-state index is 13.0. The first-order valence-corrected chi connectivity index (χ1v) is 17.0. The number of rotatable bonds is 9. The van der Waals surface area contributed by atoms with E-state index in [9.17, 15) is 9.90 Å². The number of H-pyrrole nitrogens is 2. The van der Waals surface area contributed by atoms with Crippen molar-refractivity contribution in [2.75, 3.05) is 6.61 Å².